The van der Waals surface area contributed by atoms with Gasteiger partial charge in [0.1, 0.15) is 18.1 Å². The zero-order chi connectivity index (χ0) is 18.7. The van der Waals surface area contributed by atoms with Crippen molar-refractivity contribution < 1.29 is 17.6 Å². The summed E-state index contributed by atoms with van der Waals surface area (Å²) in [5.41, 5.74) is 2.61. The Hall–Kier alpha value is -1.86. The van der Waals surface area contributed by atoms with Gasteiger partial charge in [-0.05, 0) is 38.3 Å². The molecule has 1 fully saturated rings. The molecule has 2 aliphatic heterocycles. The highest BCUT2D eigenvalue weighted by molar-refractivity contribution is 7.91. The summed E-state index contributed by atoms with van der Waals surface area (Å²) < 4.78 is 35.4. The minimum Gasteiger partial charge on any atom is -0.477 e. The SMILES string of the molecule is CCc1cc(=O)oc2c(C)c3c(cc12)CN(C1(C)CCS(=O)(=O)C1)CO3. The van der Waals surface area contributed by atoms with E-state index in [0.717, 1.165) is 34.2 Å². The predicted octanol–water partition coefficient (Wildman–Crippen LogP) is 2.39. The maximum atomic E-state index is 12.0. The fraction of sp³-hybridized carbons (Fsp3) is 0.526. The van der Waals surface area contributed by atoms with E-state index in [4.69, 9.17) is 9.15 Å². The van der Waals surface area contributed by atoms with Crippen LogP contribution >= 0.6 is 0 Å². The molecule has 0 aliphatic carbocycles. The Kier molecular flexibility index (Phi) is 3.93. The van der Waals surface area contributed by atoms with Crippen molar-refractivity contribution >= 4 is 20.8 Å². The fourth-order valence-electron chi connectivity index (χ4n) is 4.17. The molecule has 1 aromatic carbocycles. The Balaban J connectivity index is 1.79. The van der Waals surface area contributed by atoms with Gasteiger partial charge < -0.3 is 9.15 Å². The molecule has 140 valence electrons. The summed E-state index contributed by atoms with van der Waals surface area (Å²) in [6, 6.07) is 3.57. The summed E-state index contributed by atoms with van der Waals surface area (Å²) >= 11 is 0. The van der Waals surface area contributed by atoms with Crippen molar-refractivity contribution in [1.29, 1.82) is 0 Å². The van der Waals surface area contributed by atoms with Crippen molar-refractivity contribution in [2.75, 3.05) is 18.2 Å². The van der Waals surface area contributed by atoms with Gasteiger partial charge in [0, 0.05) is 34.7 Å². The second kappa shape index (κ2) is 5.82. The lowest BCUT2D eigenvalue weighted by Gasteiger charge is -2.40. The molecule has 6 nitrogen and oxygen atoms in total. The molecule has 26 heavy (non-hydrogen) atoms. The first-order valence-corrected chi connectivity index (χ1v) is 10.7. The second-order valence-corrected chi connectivity index (χ2v) is 9.81. The van der Waals surface area contributed by atoms with E-state index in [0.29, 0.717) is 25.3 Å². The van der Waals surface area contributed by atoms with Gasteiger partial charge >= 0.3 is 5.63 Å². The predicted molar refractivity (Wildman–Crippen MR) is 99.3 cm³/mol. The van der Waals surface area contributed by atoms with Gasteiger partial charge in [0.05, 0.1) is 11.5 Å². The van der Waals surface area contributed by atoms with Gasteiger partial charge in [-0.3, -0.25) is 4.90 Å². The molecule has 3 heterocycles. The van der Waals surface area contributed by atoms with Gasteiger partial charge in [-0.25, -0.2) is 13.2 Å². The fourth-order valence-corrected chi connectivity index (χ4v) is 6.34. The summed E-state index contributed by atoms with van der Waals surface area (Å²) in [4.78, 5) is 13.9. The number of ether oxygens (including phenoxy) is 1. The molecule has 1 unspecified atom stereocenters. The topological polar surface area (TPSA) is 76.8 Å². The standard InChI is InChI=1S/C19H23NO5S/c1-4-13-8-16(21)25-18-12(2)17-14(7-15(13)18)9-20(11-24-17)19(3)5-6-26(22,23)10-19/h7-8H,4-6,9-11H2,1-3H3. The molecule has 4 rings (SSSR count). The van der Waals surface area contributed by atoms with Crippen molar-refractivity contribution in [3.05, 3.63) is 39.2 Å². The highest BCUT2D eigenvalue weighted by Gasteiger charge is 2.44. The molecule has 2 aliphatic rings. The first kappa shape index (κ1) is 17.5. The molecular formula is C19H23NO5S. The third kappa shape index (κ3) is 2.74. The van der Waals surface area contributed by atoms with Crippen LogP contribution in [0.5, 0.6) is 5.75 Å². The Labute approximate surface area is 152 Å². The van der Waals surface area contributed by atoms with Crippen LogP contribution in [0, 0.1) is 6.92 Å². The normalized spacial score (nSPS) is 25.2. The number of fused-ring (bicyclic) bond motifs is 2. The lowest BCUT2D eigenvalue weighted by Crippen LogP contribution is -2.50. The number of rotatable bonds is 2. The van der Waals surface area contributed by atoms with Crippen LogP contribution in [0.25, 0.3) is 11.0 Å². The Morgan fingerprint density at radius 3 is 2.73 bits per heavy atom. The molecule has 1 aromatic heterocycles. The quantitative estimate of drug-likeness (QED) is 0.748. The minimum atomic E-state index is -2.99. The minimum absolute atomic E-state index is 0.167. The third-order valence-corrected chi connectivity index (χ3v) is 7.62. The summed E-state index contributed by atoms with van der Waals surface area (Å²) in [5, 5.41) is 0.929. The zero-order valence-electron chi connectivity index (χ0n) is 15.3. The lowest BCUT2D eigenvalue weighted by atomic mass is 9.95. The second-order valence-electron chi connectivity index (χ2n) is 7.62. The summed E-state index contributed by atoms with van der Waals surface area (Å²) in [5.74, 6) is 1.14. The first-order chi connectivity index (χ1) is 12.2. The smallest absolute Gasteiger partial charge is 0.336 e. The first-order valence-electron chi connectivity index (χ1n) is 8.90. The van der Waals surface area contributed by atoms with Gasteiger partial charge in [0.2, 0.25) is 0 Å². The molecule has 0 N–H and O–H groups in total. The van der Waals surface area contributed by atoms with Gasteiger partial charge in [-0.1, -0.05) is 6.92 Å². The number of nitrogens with zero attached hydrogens (tertiary/aromatic N) is 1. The number of benzene rings is 1. The van der Waals surface area contributed by atoms with Gasteiger partial charge in [0.15, 0.2) is 9.84 Å². The van der Waals surface area contributed by atoms with Crippen LogP contribution in [0.2, 0.25) is 0 Å². The maximum Gasteiger partial charge on any atom is 0.336 e. The van der Waals surface area contributed by atoms with E-state index in [1.807, 2.05) is 26.8 Å². The molecule has 1 atom stereocenters. The summed E-state index contributed by atoms with van der Waals surface area (Å²) in [6.07, 6.45) is 1.36. The van der Waals surface area contributed by atoms with Crippen LogP contribution in [0.3, 0.4) is 0 Å². The van der Waals surface area contributed by atoms with Crippen LogP contribution in [0.4, 0.5) is 0 Å². The molecule has 1 saturated heterocycles. The van der Waals surface area contributed by atoms with Crippen LogP contribution in [-0.4, -0.2) is 37.1 Å². The van der Waals surface area contributed by atoms with Crippen molar-refractivity contribution in [3.63, 3.8) is 0 Å². The molecule has 0 bridgehead atoms. The zero-order valence-corrected chi connectivity index (χ0v) is 16.1. The van der Waals surface area contributed by atoms with Gasteiger partial charge in [0.25, 0.3) is 0 Å². The van der Waals surface area contributed by atoms with Gasteiger partial charge in [-0.2, -0.15) is 0 Å². The molecule has 0 amide bonds. The van der Waals surface area contributed by atoms with Crippen LogP contribution in [-0.2, 0) is 22.8 Å². The summed E-state index contributed by atoms with van der Waals surface area (Å²) in [6.45, 7) is 6.87. The van der Waals surface area contributed by atoms with E-state index in [1.54, 1.807) is 6.07 Å². The van der Waals surface area contributed by atoms with E-state index in [-0.39, 0.29) is 17.1 Å². The average molecular weight is 377 g/mol. The number of aryl methyl sites for hydroxylation is 2. The monoisotopic (exact) mass is 377 g/mol. The molecule has 0 radical (unpaired) electrons. The van der Waals surface area contributed by atoms with Crippen molar-refractivity contribution in [2.24, 2.45) is 0 Å². The van der Waals surface area contributed by atoms with Gasteiger partial charge in [-0.15, -0.1) is 0 Å². The molecule has 2 aromatic rings. The van der Waals surface area contributed by atoms with Crippen molar-refractivity contribution in [1.82, 2.24) is 4.90 Å². The molecular weight excluding hydrogens is 354 g/mol. The Morgan fingerprint density at radius 1 is 1.31 bits per heavy atom. The molecule has 0 spiro atoms. The average Bonchev–Trinajstić information content (AvgIpc) is 2.89. The number of hydrogen-bond acceptors (Lipinski definition) is 6. The number of sulfone groups is 1. The van der Waals surface area contributed by atoms with E-state index in [9.17, 15) is 13.2 Å². The van der Waals surface area contributed by atoms with E-state index in [1.165, 1.54) is 0 Å². The van der Waals surface area contributed by atoms with Crippen molar-refractivity contribution in [2.45, 2.75) is 45.7 Å². The van der Waals surface area contributed by atoms with E-state index >= 15 is 0 Å². The maximum absolute atomic E-state index is 12.0. The number of hydrogen-bond donors (Lipinski definition) is 0. The van der Waals surface area contributed by atoms with E-state index in [2.05, 4.69) is 4.90 Å². The van der Waals surface area contributed by atoms with Crippen LogP contribution in [0.1, 0.15) is 37.0 Å². The third-order valence-electron chi connectivity index (χ3n) is 5.73. The highest BCUT2D eigenvalue weighted by atomic mass is 32.2. The Morgan fingerprint density at radius 2 is 2.08 bits per heavy atom. The molecule has 7 heteroatoms. The summed E-state index contributed by atoms with van der Waals surface area (Å²) in [7, 11) is -2.99. The lowest BCUT2D eigenvalue weighted by molar-refractivity contribution is 0.0157. The molecule has 0 saturated carbocycles. The van der Waals surface area contributed by atoms with E-state index < -0.39 is 15.4 Å². The van der Waals surface area contributed by atoms with Crippen LogP contribution in [0.15, 0.2) is 21.3 Å². The largest absolute Gasteiger partial charge is 0.477 e. The van der Waals surface area contributed by atoms with Crippen molar-refractivity contribution in [3.8, 4) is 5.75 Å². The van der Waals surface area contributed by atoms with Crippen LogP contribution < -0.4 is 10.4 Å². The highest BCUT2D eigenvalue weighted by Crippen LogP contribution is 2.39. The Bertz CT molecular complexity index is 1060.